The summed E-state index contributed by atoms with van der Waals surface area (Å²) < 4.78 is 29.1. The summed E-state index contributed by atoms with van der Waals surface area (Å²) in [6.07, 6.45) is 3.63. The molecule has 1 atom stereocenters. The van der Waals surface area contributed by atoms with Crippen LogP contribution in [0.3, 0.4) is 0 Å². The Kier molecular flexibility index (Phi) is 5.53. The Morgan fingerprint density at radius 1 is 1.17 bits per heavy atom. The fourth-order valence-electron chi connectivity index (χ4n) is 3.52. The lowest BCUT2D eigenvalue weighted by Gasteiger charge is -2.32. The number of nitrogens with one attached hydrogen (secondary N) is 1. The highest BCUT2D eigenvalue weighted by molar-refractivity contribution is 7.89. The molecule has 1 fully saturated rings. The topological polar surface area (TPSA) is 96.7 Å². The van der Waals surface area contributed by atoms with E-state index in [1.54, 1.807) is 4.90 Å². The van der Waals surface area contributed by atoms with Gasteiger partial charge < -0.3 is 4.90 Å². The minimum Gasteiger partial charge on any atom is -0.341 e. The molecule has 10 heteroatoms. The van der Waals surface area contributed by atoms with Crippen LogP contribution >= 0.6 is 11.6 Å². The second kappa shape index (κ2) is 8.10. The quantitative estimate of drug-likeness (QED) is 0.664. The number of aromatic nitrogens is 3. The van der Waals surface area contributed by atoms with Gasteiger partial charge >= 0.3 is 0 Å². The van der Waals surface area contributed by atoms with E-state index in [4.69, 9.17) is 11.6 Å². The van der Waals surface area contributed by atoms with Gasteiger partial charge in [-0.1, -0.05) is 17.7 Å². The van der Waals surface area contributed by atoms with Gasteiger partial charge in [-0.15, -0.1) is 10.2 Å². The van der Waals surface area contributed by atoms with Gasteiger partial charge in [0.15, 0.2) is 5.65 Å². The van der Waals surface area contributed by atoms with Crippen LogP contribution in [0.4, 0.5) is 0 Å². The summed E-state index contributed by atoms with van der Waals surface area (Å²) in [5.74, 6) is 0.610. The Balaban J connectivity index is 1.42. The highest BCUT2D eigenvalue weighted by Crippen LogP contribution is 2.26. The lowest BCUT2D eigenvalue weighted by atomic mass is 9.97. The van der Waals surface area contributed by atoms with Gasteiger partial charge in [-0.2, -0.15) is 0 Å². The third-order valence-electron chi connectivity index (χ3n) is 5.02. The van der Waals surface area contributed by atoms with Gasteiger partial charge in [-0.05, 0) is 49.2 Å². The van der Waals surface area contributed by atoms with Crippen LogP contribution in [0, 0.1) is 0 Å². The zero-order valence-corrected chi connectivity index (χ0v) is 17.1. The van der Waals surface area contributed by atoms with E-state index in [0.717, 1.165) is 24.3 Å². The van der Waals surface area contributed by atoms with E-state index in [-0.39, 0.29) is 23.3 Å². The second-order valence-corrected chi connectivity index (χ2v) is 9.15. The molecule has 8 nitrogen and oxygen atoms in total. The van der Waals surface area contributed by atoms with Crippen LogP contribution in [0.25, 0.3) is 5.65 Å². The highest BCUT2D eigenvalue weighted by Gasteiger charge is 2.28. The van der Waals surface area contributed by atoms with E-state index in [1.807, 2.05) is 28.8 Å². The maximum Gasteiger partial charge on any atom is 0.241 e. The number of hydrogen-bond donors (Lipinski definition) is 1. The maximum atomic E-state index is 12.6. The van der Waals surface area contributed by atoms with Gasteiger partial charge in [-0.25, -0.2) is 13.1 Å². The van der Waals surface area contributed by atoms with E-state index < -0.39 is 10.0 Å². The number of likely N-dealkylation sites (tertiary alicyclic amines) is 1. The van der Waals surface area contributed by atoms with Crippen molar-refractivity contribution in [2.24, 2.45) is 0 Å². The first-order valence-electron chi connectivity index (χ1n) is 9.27. The van der Waals surface area contributed by atoms with E-state index in [1.165, 1.54) is 24.3 Å². The van der Waals surface area contributed by atoms with E-state index in [2.05, 4.69) is 14.9 Å². The second-order valence-electron chi connectivity index (χ2n) is 6.94. The van der Waals surface area contributed by atoms with Crippen LogP contribution in [-0.2, 0) is 14.8 Å². The smallest absolute Gasteiger partial charge is 0.241 e. The summed E-state index contributed by atoms with van der Waals surface area (Å²) in [5, 5.41) is 8.92. The Hall–Kier alpha value is -2.49. The number of carbonyl (C=O) groups excluding carboxylic acids is 1. The number of rotatable bonds is 5. The molecule has 0 bridgehead atoms. The maximum absolute atomic E-state index is 12.6. The summed E-state index contributed by atoms with van der Waals surface area (Å²) >= 11 is 5.80. The summed E-state index contributed by atoms with van der Waals surface area (Å²) in [7, 11) is -3.78. The molecule has 1 saturated heterocycles. The lowest BCUT2D eigenvalue weighted by molar-refractivity contribution is -0.131. The molecule has 29 heavy (non-hydrogen) atoms. The SMILES string of the molecule is O=C(CNS(=O)(=O)c1ccc(Cl)cc1)N1CCC[C@@H](c2nnc3ccccn23)C1. The molecule has 1 amide bonds. The number of hydrogen-bond acceptors (Lipinski definition) is 5. The van der Waals surface area contributed by atoms with Gasteiger partial charge in [0.2, 0.25) is 15.9 Å². The van der Waals surface area contributed by atoms with Crippen LogP contribution in [0.2, 0.25) is 5.02 Å². The van der Waals surface area contributed by atoms with E-state index >= 15 is 0 Å². The number of fused-ring (bicyclic) bond motifs is 1. The number of carbonyl (C=O) groups is 1. The molecular formula is C19H20ClN5O3S. The molecule has 3 heterocycles. The van der Waals surface area contributed by atoms with Crippen molar-refractivity contribution in [2.45, 2.75) is 23.7 Å². The van der Waals surface area contributed by atoms with Gasteiger partial charge in [0.25, 0.3) is 0 Å². The normalized spacial score (nSPS) is 17.6. The van der Waals surface area contributed by atoms with Crippen LogP contribution in [0.15, 0.2) is 53.6 Å². The van der Waals surface area contributed by atoms with Crippen molar-refractivity contribution in [1.82, 2.24) is 24.2 Å². The van der Waals surface area contributed by atoms with Crippen LogP contribution < -0.4 is 4.72 Å². The molecule has 1 aromatic carbocycles. The molecule has 1 aliphatic heterocycles. The van der Waals surface area contributed by atoms with Crippen LogP contribution in [0.5, 0.6) is 0 Å². The van der Waals surface area contributed by atoms with Gasteiger partial charge in [-0.3, -0.25) is 9.20 Å². The van der Waals surface area contributed by atoms with E-state index in [0.29, 0.717) is 18.1 Å². The van der Waals surface area contributed by atoms with Gasteiger partial charge in [0.05, 0.1) is 11.4 Å². The van der Waals surface area contributed by atoms with Crippen molar-refractivity contribution < 1.29 is 13.2 Å². The molecular weight excluding hydrogens is 414 g/mol. The highest BCUT2D eigenvalue weighted by atomic mass is 35.5. The third kappa shape index (κ3) is 4.26. The monoisotopic (exact) mass is 433 g/mol. The number of pyridine rings is 1. The first-order valence-corrected chi connectivity index (χ1v) is 11.1. The molecule has 4 rings (SSSR count). The van der Waals surface area contributed by atoms with Crippen molar-refractivity contribution in [1.29, 1.82) is 0 Å². The fraction of sp³-hybridized carbons (Fsp3) is 0.316. The fourth-order valence-corrected chi connectivity index (χ4v) is 4.62. The van der Waals surface area contributed by atoms with Gasteiger partial charge in [0, 0.05) is 30.2 Å². The molecule has 3 aromatic rings. The summed E-state index contributed by atoms with van der Waals surface area (Å²) in [5.41, 5.74) is 0.765. The molecule has 1 N–H and O–H groups in total. The number of nitrogens with zero attached hydrogens (tertiary/aromatic N) is 4. The average molecular weight is 434 g/mol. The van der Waals surface area contributed by atoms with Crippen molar-refractivity contribution in [2.75, 3.05) is 19.6 Å². The van der Waals surface area contributed by atoms with Crippen LogP contribution in [0.1, 0.15) is 24.6 Å². The summed E-state index contributed by atoms with van der Waals surface area (Å²) in [4.78, 5) is 14.4. The van der Waals surface area contributed by atoms with Gasteiger partial charge in [0.1, 0.15) is 5.82 Å². The predicted molar refractivity (Wildman–Crippen MR) is 108 cm³/mol. The number of benzene rings is 1. The number of sulfonamides is 1. The first kappa shape index (κ1) is 19.8. The lowest BCUT2D eigenvalue weighted by Crippen LogP contribution is -2.44. The molecule has 1 aliphatic rings. The Morgan fingerprint density at radius 2 is 1.97 bits per heavy atom. The Bertz CT molecular complexity index is 1130. The zero-order valence-electron chi connectivity index (χ0n) is 15.5. The first-order chi connectivity index (χ1) is 13.9. The van der Waals surface area contributed by atoms with Crippen LogP contribution in [-0.4, -0.2) is 53.5 Å². The molecule has 2 aromatic heterocycles. The van der Waals surface area contributed by atoms with Crippen molar-refractivity contribution in [3.8, 4) is 0 Å². The molecule has 0 radical (unpaired) electrons. The number of piperidine rings is 1. The Morgan fingerprint density at radius 3 is 2.76 bits per heavy atom. The van der Waals surface area contributed by atoms with Crippen molar-refractivity contribution in [3.05, 3.63) is 59.5 Å². The minimum absolute atomic E-state index is 0.0537. The standard InChI is InChI=1S/C19H20ClN5O3S/c20-15-6-8-16(9-7-15)29(27,28)21-12-18(26)24-10-3-4-14(13-24)19-23-22-17-5-1-2-11-25(17)19/h1-2,5-9,11,14,21H,3-4,10,12-13H2/t14-/m1/s1. The summed E-state index contributed by atoms with van der Waals surface area (Å²) in [6.45, 7) is 0.782. The largest absolute Gasteiger partial charge is 0.341 e. The molecule has 152 valence electrons. The molecule has 0 spiro atoms. The number of halogens is 1. The minimum atomic E-state index is -3.78. The summed E-state index contributed by atoms with van der Waals surface area (Å²) in [6, 6.07) is 11.5. The zero-order chi connectivity index (χ0) is 20.4. The van der Waals surface area contributed by atoms with Crippen molar-refractivity contribution in [3.63, 3.8) is 0 Å². The molecule has 0 saturated carbocycles. The molecule has 0 unspecified atom stereocenters. The third-order valence-corrected chi connectivity index (χ3v) is 6.69. The van der Waals surface area contributed by atoms with Crippen molar-refractivity contribution >= 4 is 33.2 Å². The average Bonchev–Trinajstić information content (AvgIpc) is 3.17. The molecule has 0 aliphatic carbocycles. The Labute approximate surface area is 173 Å². The predicted octanol–water partition coefficient (Wildman–Crippen LogP) is 2.07. The number of amides is 1. The van der Waals surface area contributed by atoms with E-state index in [9.17, 15) is 13.2 Å².